The van der Waals surface area contributed by atoms with Gasteiger partial charge in [-0.1, -0.05) is 0 Å². The topological polar surface area (TPSA) is 112 Å². The van der Waals surface area contributed by atoms with Crippen molar-refractivity contribution in [3.8, 4) is 22.8 Å². The summed E-state index contributed by atoms with van der Waals surface area (Å²) < 4.78 is 5.61. The van der Waals surface area contributed by atoms with Crippen LogP contribution < -0.4 is 0 Å². The van der Waals surface area contributed by atoms with E-state index >= 15 is 0 Å². The number of benzene rings is 2. The number of non-ortho nitro benzene ring substituents is 2. The quantitative estimate of drug-likeness (QED) is 0.534. The van der Waals surface area contributed by atoms with Gasteiger partial charge in [0.25, 0.3) is 11.4 Å². The zero-order chi connectivity index (χ0) is 16.4. The molecule has 0 saturated carbocycles. The fourth-order valence-corrected chi connectivity index (χ4v) is 2.01. The number of nitro benzene ring substituents is 2. The third-order valence-electron chi connectivity index (χ3n) is 3.19. The van der Waals surface area contributed by atoms with Gasteiger partial charge in [0, 0.05) is 35.4 Å². The van der Waals surface area contributed by atoms with Crippen LogP contribution in [0, 0.1) is 20.2 Å². The molecule has 0 aliphatic heterocycles. The largest absolute Gasteiger partial charge is 0.436 e. The standard InChI is InChI=1S/C15H9N3O5/c19-17(20)12-5-1-10(2-6-12)14-9-16-15(23-14)11-3-7-13(8-4-11)18(21)22/h1-9H. The summed E-state index contributed by atoms with van der Waals surface area (Å²) in [6.07, 6.45) is 1.50. The maximum Gasteiger partial charge on any atom is 0.269 e. The molecular formula is C15H9N3O5. The van der Waals surface area contributed by atoms with Crippen LogP contribution in [0.25, 0.3) is 22.8 Å². The number of hydrogen-bond acceptors (Lipinski definition) is 6. The second-order valence-corrected chi connectivity index (χ2v) is 4.64. The zero-order valence-corrected chi connectivity index (χ0v) is 11.6. The minimum Gasteiger partial charge on any atom is -0.436 e. The molecule has 114 valence electrons. The predicted octanol–water partition coefficient (Wildman–Crippen LogP) is 3.83. The summed E-state index contributed by atoms with van der Waals surface area (Å²) in [5.74, 6) is 0.765. The van der Waals surface area contributed by atoms with Crippen molar-refractivity contribution in [1.29, 1.82) is 0 Å². The first-order chi connectivity index (χ1) is 11.0. The van der Waals surface area contributed by atoms with Crippen molar-refractivity contribution in [2.24, 2.45) is 0 Å². The van der Waals surface area contributed by atoms with Crippen molar-refractivity contribution in [3.05, 3.63) is 75.0 Å². The van der Waals surface area contributed by atoms with Gasteiger partial charge in [-0.15, -0.1) is 0 Å². The van der Waals surface area contributed by atoms with E-state index in [1.165, 1.54) is 30.5 Å². The van der Waals surface area contributed by atoms with Crippen LogP contribution in [0.5, 0.6) is 0 Å². The Morgan fingerprint density at radius 2 is 1.26 bits per heavy atom. The molecule has 8 nitrogen and oxygen atoms in total. The van der Waals surface area contributed by atoms with Crippen molar-refractivity contribution < 1.29 is 14.3 Å². The first kappa shape index (κ1) is 14.4. The van der Waals surface area contributed by atoms with Gasteiger partial charge in [0.1, 0.15) is 0 Å². The first-order valence-corrected chi connectivity index (χ1v) is 6.50. The summed E-state index contributed by atoms with van der Waals surface area (Å²) in [7, 11) is 0. The van der Waals surface area contributed by atoms with Crippen molar-refractivity contribution in [2.75, 3.05) is 0 Å². The van der Waals surface area contributed by atoms with Crippen molar-refractivity contribution in [1.82, 2.24) is 4.98 Å². The van der Waals surface area contributed by atoms with Crippen LogP contribution in [0.4, 0.5) is 11.4 Å². The summed E-state index contributed by atoms with van der Waals surface area (Å²) in [5, 5.41) is 21.3. The summed E-state index contributed by atoms with van der Waals surface area (Å²) in [4.78, 5) is 24.4. The van der Waals surface area contributed by atoms with Crippen molar-refractivity contribution >= 4 is 11.4 Å². The molecule has 0 atom stereocenters. The second kappa shape index (κ2) is 5.68. The van der Waals surface area contributed by atoms with Gasteiger partial charge in [0.15, 0.2) is 5.76 Å². The van der Waals surface area contributed by atoms with Crippen LogP contribution in [-0.4, -0.2) is 14.8 Å². The van der Waals surface area contributed by atoms with Crippen molar-refractivity contribution in [2.45, 2.75) is 0 Å². The molecule has 0 fully saturated rings. The Bertz CT molecular complexity index is 797. The molecule has 0 bridgehead atoms. The Morgan fingerprint density at radius 3 is 1.74 bits per heavy atom. The summed E-state index contributed by atoms with van der Waals surface area (Å²) in [6.45, 7) is 0. The van der Waals surface area contributed by atoms with E-state index in [4.69, 9.17) is 4.42 Å². The van der Waals surface area contributed by atoms with Crippen LogP contribution in [0.2, 0.25) is 0 Å². The highest BCUT2D eigenvalue weighted by atomic mass is 16.6. The number of nitro groups is 2. The predicted molar refractivity (Wildman–Crippen MR) is 80.7 cm³/mol. The van der Waals surface area contributed by atoms with Crippen LogP contribution in [0.1, 0.15) is 0 Å². The molecule has 0 radical (unpaired) electrons. The number of nitrogens with zero attached hydrogens (tertiary/aromatic N) is 3. The monoisotopic (exact) mass is 311 g/mol. The van der Waals surface area contributed by atoms with Gasteiger partial charge in [0.2, 0.25) is 5.89 Å². The molecule has 1 aromatic heterocycles. The van der Waals surface area contributed by atoms with E-state index in [-0.39, 0.29) is 11.4 Å². The summed E-state index contributed by atoms with van der Waals surface area (Å²) in [5.41, 5.74) is 1.22. The molecule has 0 unspecified atom stereocenters. The lowest BCUT2D eigenvalue weighted by Gasteiger charge is -1.97. The van der Waals surface area contributed by atoms with Crippen LogP contribution in [0.15, 0.2) is 59.1 Å². The van der Waals surface area contributed by atoms with E-state index in [1.54, 1.807) is 24.3 Å². The number of rotatable bonds is 4. The van der Waals surface area contributed by atoms with Crippen LogP contribution >= 0.6 is 0 Å². The Hall–Kier alpha value is -3.55. The number of aromatic nitrogens is 1. The minimum absolute atomic E-state index is 0.0103. The summed E-state index contributed by atoms with van der Waals surface area (Å²) >= 11 is 0. The fourth-order valence-electron chi connectivity index (χ4n) is 2.01. The zero-order valence-electron chi connectivity index (χ0n) is 11.6. The van der Waals surface area contributed by atoms with E-state index in [1.807, 2.05) is 0 Å². The fraction of sp³-hybridized carbons (Fsp3) is 0. The molecule has 0 spiro atoms. The molecule has 1 heterocycles. The Balaban J connectivity index is 1.87. The Morgan fingerprint density at radius 1 is 0.783 bits per heavy atom. The minimum atomic E-state index is -0.484. The maximum absolute atomic E-state index is 10.6. The van der Waals surface area contributed by atoms with E-state index in [9.17, 15) is 20.2 Å². The number of oxazole rings is 1. The maximum atomic E-state index is 10.6. The molecular weight excluding hydrogens is 302 g/mol. The van der Waals surface area contributed by atoms with Gasteiger partial charge in [0.05, 0.1) is 16.0 Å². The lowest BCUT2D eigenvalue weighted by atomic mass is 10.2. The third kappa shape index (κ3) is 2.91. The SMILES string of the molecule is O=[N+]([O-])c1ccc(-c2cnc(-c3ccc([N+](=O)[O-])cc3)o2)cc1. The molecule has 0 N–H and O–H groups in total. The molecule has 8 heteroatoms. The van der Waals surface area contributed by atoms with E-state index in [0.717, 1.165) is 0 Å². The number of hydrogen-bond donors (Lipinski definition) is 0. The van der Waals surface area contributed by atoms with Crippen LogP contribution in [0.3, 0.4) is 0 Å². The molecule has 0 aliphatic rings. The van der Waals surface area contributed by atoms with Gasteiger partial charge in [-0.25, -0.2) is 4.98 Å². The smallest absolute Gasteiger partial charge is 0.269 e. The van der Waals surface area contributed by atoms with E-state index in [2.05, 4.69) is 4.98 Å². The van der Waals surface area contributed by atoms with Gasteiger partial charge < -0.3 is 4.42 Å². The Kier molecular flexibility index (Phi) is 3.55. The summed E-state index contributed by atoms with van der Waals surface area (Å²) in [6, 6.07) is 11.7. The molecule has 3 rings (SSSR count). The molecule has 23 heavy (non-hydrogen) atoms. The molecule has 0 amide bonds. The van der Waals surface area contributed by atoms with E-state index < -0.39 is 9.85 Å². The lowest BCUT2D eigenvalue weighted by molar-refractivity contribution is -0.385. The lowest BCUT2D eigenvalue weighted by Crippen LogP contribution is -1.87. The van der Waals surface area contributed by atoms with Gasteiger partial charge in [-0.2, -0.15) is 0 Å². The Labute approximate surface area is 129 Å². The average molecular weight is 311 g/mol. The molecule has 0 saturated heterocycles. The first-order valence-electron chi connectivity index (χ1n) is 6.50. The molecule has 2 aromatic carbocycles. The average Bonchev–Trinajstić information content (AvgIpc) is 3.05. The highest BCUT2D eigenvalue weighted by molar-refractivity contribution is 5.62. The molecule has 3 aromatic rings. The van der Waals surface area contributed by atoms with Crippen LogP contribution in [-0.2, 0) is 0 Å². The van der Waals surface area contributed by atoms with Gasteiger partial charge in [-0.05, 0) is 24.3 Å². The van der Waals surface area contributed by atoms with Crippen molar-refractivity contribution in [3.63, 3.8) is 0 Å². The van der Waals surface area contributed by atoms with E-state index in [0.29, 0.717) is 22.8 Å². The molecule has 0 aliphatic carbocycles. The normalized spacial score (nSPS) is 10.4. The third-order valence-corrected chi connectivity index (χ3v) is 3.19. The second-order valence-electron chi connectivity index (χ2n) is 4.64. The van der Waals surface area contributed by atoms with Gasteiger partial charge >= 0.3 is 0 Å². The highest BCUT2D eigenvalue weighted by Gasteiger charge is 2.12. The van der Waals surface area contributed by atoms with Gasteiger partial charge in [-0.3, -0.25) is 20.2 Å². The highest BCUT2D eigenvalue weighted by Crippen LogP contribution is 2.28.